The monoisotopic (exact) mass is 316 g/mol. The molecule has 22 heavy (non-hydrogen) atoms. The maximum Gasteiger partial charge on any atom is 0.251 e. The molecule has 0 unspecified atom stereocenters. The van der Waals surface area contributed by atoms with E-state index in [1.165, 1.54) is 4.88 Å². The minimum atomic E-state index is -0.0322. The van der Waals surface area contributed by atoms with E-state index in [0.29, 0.717) is 12.2 Å². The van der Waals surface area contributed by atoms with Crippen LogP contribution in [0.15, 0.2) is 41.8 Å². The molecule has 1 aromatic heterocycles. The number of carbonyl (C=O) groups is 1. The van der Waals surface area contributed by atoms with E-state index < -0.39 is 0 Å². The van der Waals surface area contributed by atoms with Gasteiger partial charge in [0.2, 0.25) is 0 Å². The van der Waals surface area contributed by atoms with E-state index in [0.717, 1.165) is 31.7 Å². The summed E-state index contributed by atoms with van der Waals surface area (Å²) in [4.78, 5) is 13.5. The van der Waals surface area contributed by atoms with Crippen molar-refractivity contribution in [2.75, 3.05) is 13.1 Å². The van der Waals surface area contributed by atoms with Gasteiger partial charge in [-0.2, -0.15) is 0 Å². The molecule has 1 atom stereocenters. The van der Waals surface area contributed by atoms with Gasteiger partial charge < -0.3 is 15.4 Å². The molecule has 0 bridgehead atoms. The van der Waals surface area contributed by atoms with Crippen molar-refractivity contribution < 1.29 is 9.53 Å². The Morgan fingerprint density at radius 1 is 1.36 bits per heavy atom. The highest BCUT2D eigenvalue weighted by atomic mass is 32.1. The highest BCUT2D eigenvalue weighted by Gasteiger charge is 2.16. The molecule has 1 aliphatic heterocycles. The summed E-state index contributed by atoms with van der Waals surface area (Å²) < 4.78 is 5.75. The van der Waals surface area contributed by atoms with Gasteiger partial charge in [0.15, 0.2) is 0 Å². The fourth-order valence-electron chi connectivity index (χ4n) is 2.52. The maximum absolute atomic E-state index is 12.3. The van der Waals surface area contributed by atoms with Crippen LogP contribution in [0.4, 0.5) is 0 Å². The first-order valence-corrected chi connectivity index (χ1v) is 8.46. The number of rotatable bonds is 5. The first kappa shape index (κ1) is 15.1. The number of amides is 1. The summed E-state index contributed by atoms with van der Waals surface area (Å²) in [7, 11) is 0. The summed E-state index contributed by atoms with van der Waals surface area (Å²) in [6.07, 6.45) is 2.14. The van der Waals surface area contributed by atoms with Crippen LogP contribution in [0.1, 0.15) is 28.1 Å². The molecule has 2 heterocycles. The number of thiophene rings is 1. The molecule has 0 radical (unpaired) electrons. The van der Waals surface area contributed by atoms with Crippen LogP contribution in [0, 0.1) is 0 Å². The number of carbonyl (C=O) groups excluding carboxylic acids is 1. The van der Waals surface area contributed by atoms with E-state index in [1.807, 2.05) is 35.7 Å². The molecule has 0 saturated carbocycles. The Labute approximate surface area is 134 Å². The Morgan fingerprint density at radius 3 is 3.09 bits per heavy atom. The van der Waals surface area contributed by atoms with E-state index in [-0.39, 0.29) is 11.9 Å². The average molecular weight is 316 g/mol. The Bertz CT molecular complexity index is 607. The number of piperidine rings is 1. The number of nitrogens with one attached hydrogen (secondary N) is 2. The lowest BCUT2D eigenvalue weighted by Gasteiger charge is -2.23. The molecule has 4 nitrogen and oxygen atoms in total. The molecule has 1 aromatic carbocycles. The predicted octanol–water partition coefficient (Wildman–Crippen LogP) is 2.81. The second-order valence-electron chi connectivity index (χ2n) is 5.41. The molecule has 1 saturated heterocycles. The van der Waals surface area contributed by atoms with Gasteiger partial charge >= 0.3 is 0 Å². The maximum atomic E-state index is 12.3. The fraction of sp³-hybridized carbons (Fsp3) is 0.353. The van der Waals surface area contributed by atoms with Gasteiger partial charge in [-0.25, -0.2) is 0 Å². The van der Waals surface area contributed by atoms with Crippen LogP contribution >= 0.6 is 11.3 Å². The number of ether oxygens (including phenoxy) is 1. The molecule has 1 aliphatic rings. The van der Waals surface area contributed by atoms with Crippen molar-refractivity contribution in [2.24, 2.45) is 0 Å². The van der Waals surface area contributed by atoms with Crippen LogP contribution in [0.2, 0.25) is 0 Å². The van der Waals surface area contributed by atoms with E-state index in [4.69, 9.17) is 4.74 Å². The Kier molecular flexibility index (Phi) is 5.08. The van der Waals surface area contributed by atoms with E-state index in [2.05, 4.69) is 10.6 Å². The molecule has 116 valence electrons. The average Bonchev–Trinajstić information content (AvgIpc) is 3.08. The van der Waals surface area contributed by atoms with Crippen molar-refractivity contribution in [1.29, 1.82) is 0 Å². The highest BCUT2D eigenvalue weighted by molar-refractivity contribution is 7.09. The van der Waals surface area contributed by atoms with Gasteiger partial charge in [-0.15, -0.1) is 11.3 Å². The Morgan fingerprint density at radius 2 is 2.32 bits per heavy atom. The molecule has 3 rings (SSSR count). The first-order valence-electron chi connectivity index (χ1n) is 7.58. The van der Waals surface area contributed by atoms with Crippen molar-refractivity contribution in [3.8, 4) is 5.75 Å². The normalized spacial score (nSPS) is 17.9. The van der Waals surface area contributed by atoms with Crippen molar-refractivity contribution in [3.63, 3.8) is 0 Å². The van der Waals surface area contributed by atoms with Crippen molar-refractivity contribution in [3.05, 3.63) is 52.2 Å². The molecule has 2 aromatic rings. The van der Waals surface area contributed by atoms with Crippen LogP contribution < -0.4 is 15.4 Å². The molecule has 5 heteroatoms. The van der Waals surface area contributed by atoms with Crippen LogP contribution in [-0.4, -0.2) is 25.0 Å². The smallest absolute Gasteiger partial charge is 0.251 e. The van der Waals surface area contributed by atoms with E-state index in [9.17, 15) is 4.79 Å². The fourth-order valence-corrected chi connectivity index (χ4v) is 3.14. The summed E-state index contributed by atoms with van der Waals surface area (Å²) in [6.45, 7) is 2.42. The van der Waals surface area contributed by atoms with Gasteiger partial charge in [0.1, 0.15) is 12.4 Å². The van der Waals surface area contributed by atoms with Gasteiger partial charge in [-0.3, -0.25) is 4.79 Å². The van der Waals surface area contributed by atoms with Gasteiger partial charge in [-0.05, 0) is 49.0 Å². The van der Waals surface area contributed by atoms with Crippen LogP contribution in [0.3, 0.4) is 0 Å². The van der Waals surface area contributed by atoms with Crippen LogP contribution in [-0.2, 0) is 6.61 Å². The van der Waals surface area contributed by atoms with E-state index >= 15 is 0 Å². The minimum Gasteiger partial charge on any atom is -0.488 e. The number of hydrogen-bond acceptors (Lipinski definition) is 4. The summed E-state index contributed by atoms with van der Waals surface area (Å²) in [5.41, 5.74) is 0.647. The zero-order valence-corrected chi connectivity index (χ0v) is 13.2. The summed E-state index contributed by atoms with van der Waals surface area (Å²) in [6, 6.07) is 11.6. The summed E-state index contributed by atoms with van der Waals surface area (Å²) in [5.74, 6) is 0.693. The second kappa shape index (κ2) is 7.42. The molecular weight excluding hydrogens is 296 g/mol. The second-order valence-corrected chi connectivity index (χ2v) is 6.44. The standard InChI is InChI=1S/C17H20N2O2S/c20-17(19-14-5-2-8-18-11-14)13-4-1-6-15(10-13)21-12-16-7-3-9-22-16/h1,3-4,6-7,9-10,14,18H,2,5,8,11-12H2,(H,19,20)/t14-/m0/s1. The van der Waals surface area contributed by atoms with Crippen LogP contribution in [0.25, 0.3) is 0 Å². The van der Waals surface area contributed by atoms with Crippen molar-refractivity contribution in [1.82, 2.24) is 10.6 Å². The summed E-state index contributed by atoms with van der Waals surface area (Å²) in [5, 5.41) is 8.41. The SMILES string of the molecule is O=C(N[C@H]1CCCNC1)c1cccc(OCc2cccs2)c1. The van der Waals surface area contributed by atoms with E-state index in [1.54, 1.807) is 17.4 Å². The third kappa shape index (κ3) is 4.08. The molecule has 0 aliphatic carbocycles. The quantitative estimate of drug-likeness (QED) is 0.892. The number of hydrogen-bond donors (Lipinski definition) is 2. The van der Waals surface area contributed by atoms with Gasteiger partial charge in [0.25, 0.3) is 5.91 Å². The zero-order chi connectivity index (χ0) is 15.2. The Balaban J connectivity index is 1.58. The topological polar surface area (TPSA) is 50.4 Å². The predicted molar refractivity (Wildman–Crippen MR) is 88.5 cm³/mol. The summed E-state index contributed by atoms with van der Waals surface area (Å²) >= 11 is 1.66. The van der Waals surface area contributed by atoms with Gasteiger partial charge in [0.05, 0.1) is 0 Å². The van der Waals surface area contributed by atoms with Crippen LogP contribution in [0.5, 0.6) is 5.75 Å². The lowest BCUT2D eigenvalue weighted by atomic mass is 10.1. The lowest BCUT2D eigenvalue weighted by Crippen LogP contribution is -2.45. The molecule has 1 amide bonds. The molecule has 0 spiro atoms. The van der Waals surface area contributed by atoms with Crippen molar-refractivity contribution in [2.45, 2.75) is 25.5 Å². The van der Waals surface area contributed by atoms with Gasteiger partial charge in [0, 0.05) is 23.0 Å². The largest absolute Gasteiger partial charge is 0.488 e. The number of benzene rings is 1. The zero-order valence-electron chi connectivity index (χ0n) is 12.4. The van der Waals surface area contributed by atoms with Crippen molar-refractivity contribution >= 4 is 17.2 Å². The lowest BCUT2D eigenvalue weighted by molar-refractivity contribution is 0.0930. The third-order valence-electron chi connectivity index (χ3n) is 3.69. The molecule has 2 N–H and O–H groups in total. The molecule has 1 fully saturated rings. The van der Waals surface area contributed by atoms with Gasteiger partial charge in [-0.1, -0.05) is 12.1 Å². The third-order valence-corrected chi connectivity index (χ3v) is 4.54. The minimum absolute atomic E-state index is 0.0322. The first-order chi connectivity index (χ1) is 10.8. The molecular formula is C17H20N2O2S. The Hall–Kier alpha value is -1.85. The highest BCUT2D eigenvalue weighted by Crippen LogP contribution is 2.17.